The summed E-state index contributed by atoms with van der Waals surface area (Å²) in [6, 6.07) is -0.534. The number of hydrogen-bond acceptors (Lipinski definition) is 3. The smallest absolute Gasteiger partial charge is 0.220 e. The van der Waals surface area contributed by atoms with E-state index in [1.54, 1.807) is 0 Å². The van der Waals surface area contributed by atoms with Crippen LogP contribution >= 0.6 is 0 Å². The normalized spacial score (nSPS) is 12.8. The molecule has 358 valence electrons. The lowest BCUT2D eigenvalue weighted by Crippen LogP contribution is -2.45. The van der Waals surface area contributed by atoms with Crippen molar-refractivity contribution in [1.82, 2.24) is 5.32 Å². The van der Waals surface area contributed by atoms with Gasteiger partial charge in [-0.1, -0.05) is 289 Å². The molecule has 0 aliphatic rings. The molecule has 0 spiro atoms. The lowest BCUT2D eigenvalue weighted by molar-refractivity contribution is -0.123. The molecule has 2 atom stereocenters. The standard InChI is InChI=1S/C56H111NO3/c1-3-5-7-9-11-13-15-17-19-21-23-25-26-27-28-29-30-32-34-36-38-40-42-44-46-48-50-52-56(60)57-54(53-58)55(59)51-49-47-45-43-41-39-37-35-33-31-24-22-20-18-16-14-12-10-8-6-4-2/h27-28,54-55,58-59H,3-26,29-53H2,1-2H3,(H,57,60)/b28-27-. The highest BCUT2D eigenvalue weighted by atomic mass is 16.3. The minimum atomic E-state index is -0.658. The van der Waals surface area contributed by atoms with Gasteiger partial charge in [-0.3, -0.25) is 4.79 Å². The summed E-state index contributed by atoms with van der Waals surface area (Å²) >= 11 is 0. The first-order valence-corrected chi connectivity index (χ1v) is 27.9. The van der Waals surface area contributed by atoms with E-state index in [2.05, 4.69) is 31.3 Å². The largest absolute Gasteiger partial charge is 0.394 e. The van der Waals surface area contributed by atoms with Crippen molar-refractivity contribution in [2.24, 2.45) is 0 Å². The molecule has 60 heavy (non-hydrogen) atoms. The predicted octanol–water partition coefficient (Wildman–Crippen LogP) is 18.1. The first-order valence-electron chi connectivity index (χ1n) is 27.9. The molecule has 4 nitrogen and oxygen atoms in total. The van der Waals surface area contributed by atoms with Crippen LogP contribution in [0.3, 0.4) is 0 Å². The van der Waals surface area contributed by atoms with E-state index in [-0.39, 0.29) is 12.5 Å². The van der Waals surface area contributed by atoms with Gasteiger partial charge in [-0.25, -0.2) is 0 Å². The number of allylic oxidation sites excluding steroid dienone is 2. The van der Waals surface area contributed by atoms with Gasteiger partial charge in [-0.05, 0) is 38.5 Å². The van der Waals surface area contributed by atoms with Crippen molar-refractivity contribution < 1.29 is 15.0 Å². The van der Waals surface area contributed by atoms with Gasteiger partial charge < -0.3 is 15.5 Å². The summed E-state index contributed by atoms with van der Waals surface area (Å²) in [5, 5.41) is 23.3. The Morgan fingerprint density at radius 2 is 0.633 bits per heavy atom. The summed E-state index contributed by atoms with van der Waals surface area (Å²) in [7, 11) is 0. The van der Waals surface area contributed by atoms with Crippen molar-refractivity contribution in [3.8, 4) is 0 Å². The maximum atomic E-state index is 12.5. The van der Waals surface area contributed by atoms with Crippen LogP contribution in [0.25, 0.3) is 0 Å². The molecule has 0 fully saturated rings. The number of unbranched alkanes of at least 4 members (excludes halogenated alkanes) is 43. The molecule has 4 heteroatoms. The first-order chi connectivity index (χ1) is 29.7. The number of amides is 1. The average molecular weight is 847 g/mol. The van der Waals surface area contributed by atoms with Crippen LogP contribution in [0.5, 0.6) is 0 Å². The van der Waals surface area contributed by atoms with Crippen LogP contribution in [0.2, 0.25) is 0 Å². The molecule has 0 radical (unpaired) electrons. The molecule has 0 aromatic heterocycles. The first kappa shape index (κ1) is 59.1. The third-order valence-electron chi connectivity index (χ3n) is 13.3. The predicted molar refractivity (Wildman–Crippen MR) is 267 cm³/mol. The quantitative estimate of drug-likeness (QED) is 0.0422. The number of carbonyl (C=O) groups is 1. The van der Waals surface area contributed by atoms with Crippen molar-refractivity contribution in [2.75, 3.05) is 6.61 Å². The number of nitrogens with one attached hydrogen (secondary N) is 1. The number of rotatable bonds is 52. The lowest BCUT2D eigenvalue weighted by Gasteiger charge is -2.22. The summed E-state index contributed by atoms with van der Waals surface area (Å²) in [6.07, 6.45) is 67.7. The van der Waals surface area contributed by atoms with Gasteiger partial charge in [0.2, 0.25) is 5.91 Å². The third-order valence-corrected chi connectivity index (χ3v) is 13.3. The maximum Gasteiger partial charge on any atom is 0.220 e. The second-order valence-corrected chi connectivity index (χ2v) is 19.4. The Bertz CT molecular complexity index is 829. The minimum absolute atomic E-state index is 0.0259. The SMILES string of the molecule is CCCCCCCCCCCCCC/C=C\CCCCCCCCCCCCCC(=O)NC(CO)C(O)CCCCCCCCCCCCCCCCCCCCCCC. The summed E-state index contributed by atoms with van der Waals surface area (Å²) in [6.45, 7) is 4.40. The molecule has 0 saturated carbocycles. The molecule has 0 heterocycles. The van der Waals surface area contributed by atoms with Gasteiger partial charge in [-0.15, -0.1) is 0 Å². The molecule has 0 bridgehead atoms. The zero-order chi connectivity index (χ0) is 43.5. The van der Waals surface area contributed by atoms with E-state index in [1.165, 1.54) is 270 Å². The molecule has 0 aromatic rings. The molecule has 0 aromatic carbocycles. The summed E-state index contributed by atoms with van der Waals surface area (Å²) in [5.41, 5.74) is 0. The molecule has 1 amide bonds. The highest BCUT2D eigenvalue weighted by molar-refractivity contribution is 5.76. The van der Waals surface area contributed by atoms with Crippen molar-refractivity contribution in [3.05, 3.63) is 12.2 Å². The van der Waals surface area contributed by atoms with Crippen molar-refractivity contribution in [1.29, 1.82) is 0 Å². The van der Waals surface area contributed by atoms with Crippen LogP contribution in [0.1, 0.15) is 322 Å². The fourth-order valence-corrected chi connectivity index (χ4v) is 9.01. The Labute approximate surface area is 377 Å². The molecule has 0 aliphatic heterocycles. The van der Waals surface area contributed by atoms with E-state index in [9.17, 15) is 15.0 Å². The topological polar surface area (TPSA) is 69.6 Å². The van der Waals surface area contributed by atoms with Gasteiger partial charge in [0.05, 0.1) is 18.8 Å². The Hall–Kier alpha value is -0.870. The monoisotopic (exact) mass is 846 g/mol. The highest BCUT2D eigenvalue weighted by Gasteiger charge is 2.20. The van der Waals surface area contributed by atoms with Crippen LogP contribution in [0, 0.1) is 0 Å². The van der Waals surface area contributed by atoms with Crippen LogP contribution in [0.4, 0.5) is 0 Å². The van der Waals surface area contributed by atoms with Gasteiger partial charge in [-0.2, -0.15) is 0 Å². The highest BCUT2D eigenvalue weighted by Crippen LogP contribution is 2.18. The van der Waals surface area contributed by atoms with Crippen molar-refractivity contribution in [2.45, 2.75) is 334 Å². The number of carbonyl (C=O) groups excluding carboxylic acids is 1. The van der Waals surface area contributed by atoms with Gasteiger partial charge in [0.25, 0.3) is 0 Å². The summed E-state index contributed by atoms with van der Waals surface area (Å²) in [5.74, 6) is -0.0259. The van der Waals surface area contributed by atoms with E-state index in [4.69, 9.17) is 0 Å². The minimum Gasteiger partial charge on any atom is -0.394 e. The maximum absolute atomic E-state index is 12.5. The molecular weight excluding hydrogens is 735 g/mol. The second-order valence-electron chi connectivity index (χ2n) is 19.4. The summed E-state index contributed by atoms with van der Waals surface area (Å²) in [4.78, 5) is 12.5. The van der Waals surface area contributed by atoms with E-state index in [1.807, 2.05) is 0 Å². The Kier molecular flexibility index (Phi) is 51.7. The fraction of sp³-hybridized carbons (Fsp3) is 0.946. The van der Waals surface area contributed by atoms with Crippen LogP contribution in [-0.4, -0.2) is 34.9 Å². The Balaban J connectivity index is 3.43. The number of aliphatic hydroxyl groups excluding tert-OH is 2. The van der Waals surface area contributed by atoms with E-state index < -0.39 is 12.1 Å². The second kappa shape index (κ2) is 52.5. The van der Waals surface area contributed by atoms with Crippen molar-refractivity contribution >= 4 is 5.91 Å². The van der Waals surface area contributed by atoms with Gasteiger partial charge in [0.1, 0.15) is 0 Å². The molecular formula is C56H111NO3. The molecule has 3 N–H and O–H groups in total. The van der Waals surface area contributed by atoms with E-state index in [0.29, 0.717) is 12.8 Å². The van der Waals surface area contributed by atoms with Gasteiger partial charge in [0.15, 0.2) is 0 Å². The number of hydrogen-bond donors (Lipinski definition) is 3. The zero-order valence-electron chi connectivity index (χ0n) is 41.3. The molecule has 0 aliphatic carbocycles. The number of aliphatic hydroxyl groups is 2. The molecule has 0 rings (SSSR count). The van der Waals surface area contributed by atoms with Crippen molar-refractivity contribution in [3.63, 3.8) is 0 Å². The third kappa shape index (κ3) is 48.2. The van der Waals surface area contributed by atoms with E-state index in [0.717, 1.165) is 25.7 Å². The molecule has 0 saturated heterocycles. The van der Waals surface area contributed by atoms with Crippen LogP contribution < -0.4 is 5.32 Å². The van der Waals surface area contributed by atoms with Gasteiger partial charge >= 0.3 is 0 Å². The van der Waals surface area contributed by atoms with E-state index >= 15 is 0 Å². The Morgan fingerprint density at radius 1 is 0.383 bits per heavy atom. The van der Waals surface area contributed by atoms with Crippen LogP contribution in [0.15, 0.2) is 12.2 Å². The lowest BCUT2D eigenvalue weighted by atomic mass is 10.0. The summed E-state index contributed by atoms with van der Waals surface area (Å²) < 4.78 is 0. The van der Waals surface area contributed by atoms with Gasteiger partial charge in [0, 0.05) is 6.42 Å². The zero-order valence-corrected chi connectivity index (χ0v) is 41.3. The van der Waals surface area contributed by atoms with Crippen LogP contribution in [-0.2, 0) is 4.79 Å². The fourth-order valence-electron chi connectivity index (χ4n) is 9.01. The average Bonchev–Trinajstić information content (AvgIpc) is 3.25. The molecule has 2 unspecified atom stereocenters. The Morgan fingerprint density at radius 3 is 0.917 bits per heavy atom.